The molecule has 0 aromatic carbocycles. The number of ether oxygens (including phenoxy) is 9. The van der Waals surface area contributed by atoms with Gasteiger partial charge < -0.3 is 42.6 Å². The summed E-state index contributed by atoms with van der Waals surface area (Å²) in [5.74, 6) is 4.21. The van der Waals surface area contributed by atoms with E-state index in [4.69, 9.17) is 42.6 Å². The lowest BCUT2D eigenvalue weighted by atomic mass is 10.0. The summed E-state index contributed by atoms with van der Waals surface area (Å²) in [6.07, 6.45) is -9.54. The molecule has 6 aliphatic heterocycles. The first-order valence-electron chi connectivity index (χ1n) is 30.1. The molecule has 0 saturated carbocycles. The van der Waals surface area contributed by atoms with Gasteiger partial charge in [-0.05, 0) is 116 Å². The Morgan fingerprint density at radius 2 is 0.609 bits per heavy atom. The van der Waals surface area contributed by atoms with Crippen LogP contribution in [0.4, 0.5) is 39.5 Å². The highest BCUT2D eigenvalue weighted by Crippen LogP contribution is 2.39. The maximum absolute atomic E-state index is 13.0. The Labute approximate surface area is 539 Å². The molecule has 1 unspecified atom stereocenters. The van der Waals surface area contributed by atoms with Crippen LogP contribution in [-0.4, -0.2) is 142 Å². The Hall–Kier alpha value is -7.07. The first kappa shape index (κ1) is 70.8. The summed E-state index contributed by atoms with van der Waals surface area (Å²) < 4.78 is 168. The first-order chi connectivity index (χ1) is 42.9. The fourth-order valence-electron chi connectivity index (χ4n) is 11.4. The number of piperidine rings is 3. The van der Waals surface area contributed by atoms with E-state index in [0.717, 1.165) is 113 Å². The molecule has 29 heteroatoms. The van der Waals surface area contributed by atoms with Crippen molar-refractivity contribution >= 4 is 24.8 Å². The van der Waals surface area contributed by atoms with Gasteiger partial charge in [0.15, 0.2) is 17.2 Å². The van der Waals surface area contributed by atoms with Gasteiger partial charge in [-0.1, -0.05) is 0 Å². The molecule has 6 aromatic heterocycles. The van der Waals surface area contributed by atoms with Crippen molar-refractivity contribution in [1.29, 1.82) is 0 Å². The molecule has 0 N–H and O–H groups in total. The summed E-state index contributed by atoms with van der Waals surface area (Å²) in [6, 6.07) is 19.3. The van der Waals surface area contributed by atoms with Gasteiger partial charge in [0.05, 0.1) is 17.1 Å². The number of nitrogens with zero attached hydrogens (tertiary/aromatic N) is 9. The van der Waals surface area contributed by atoms with Crippen molar-refractivity contribution in [3.05, 3.63) is 124 Å². The summed E-state index contributed by atoms with van der Waals surface area (Å²) in [4.78, 5) is 31.3. The molecule has 3 saturated heterocycles. The summed E-state index contributed by atoms with van der Waals surface area (Å²) in [5.41, 5.74) is 0.797. The molecule has 3 fully saturated rings. The molecule has 0 bridgehead atoms. The van der Waals surface area contributed by atoms with Crippen LogP contribution in [0.5, 0.6) is 52.1 Å². The van der Waals surface area contributed by atoms with Crippen LogP contribution in [0.1, 0.15) is 129 Å². The topological polar surface area (TPSA) is 170 Å². The number of fused-ring (bicyclic) bond motifs is 3. The Balaban J connectivity index is 0.000000176. The molecule has 0 spiro atoms. The Bertz CT molecular complexity index is 3060. The average molecular weight is 1340 g/mol. The summed E-state index contributed by atoms with van der Waals surface area (Å²) in [6.45, 7) is 18.5. The van der Waals surface area contributed by atoms with Crippen molar-refractivity contribution in [3.8, 4) is 52.1 Å². The third kappa shape index (κ3) is 18.6. The standard InChI is InChI=1S/3C21H24F3N3O3.2ClH/c3*1-13-11-16(12-19(25-13)21(22,23)24)30-15-5-7-27(8-6-15)14(2)17-3-4-18-20(26-17)29-10-9-28-18;;/h3*3-4,11-12,14-15H,5-10H2,1-2H3;2*1H/t2*14-;;;/m10.../s1. The summed E-state index contributed by atoms with van der Waals surface area (Å²) in [7, 11) is 0. The summed E-state index contributed by atoms with van der Waals surface area (Å²) in [5, 5.41) is 0. The fraction of sp³-hybridized carbons (Fsp3) is 0.524. The van der Waals surface area contributed by atoms with E-state index in [1.54, 1.807) is 18.2 Å². The van der Waals surface area contributed by atoms with Crippen LogP contribution in [0.3, 0.4) is 0 Å². The lowest BCUT2D eigenvalue weighted by Crippen LogP contribution is -2.39. The first-order valence-corrected chi connectivity index (χ1v) is 30.1. The van der Waals surface area contributed by atoms with Gasteiger partial charge >= 0.3 is 18.5 Å². The minimum absolute atomic E-state index is 0. The van der Waals surface area contributed by atoms with E-state index in [0.29, 0.717) is 74.5 Å². The fourth-order valence-corrected chi connectivity index (χ4v) is 11.4. The Morgan fingerprint density at radius 1 is 0.370 bits per heavy atom. The van der Waals surface area contributed by atoms with Crippen LogP contribution in [0.15, 0.2) is 72.8 Å². The number of alkyl halides is 9. The maximum Gasteiger partial charge on any atom is 0.433 e. The van der Waals surface area contributed by atoms with E-state index in [1.165, 1.54) is 20.8 Å². The number of halogens is 11. The third-order valence-electron chi connectivity index (χ3n) is 16.2. The van der Waals surface area contributed by atoms with E-state index in [9.17, 15) is 39.5 Å². The van der Waals surface area contributed by atoms with Crippen molar-refractivity contribution < 1.29 is 82.1 Å². The van der Waals surface area contributed by atoms with Gasteiger partial charge in [0, 0.05) is 111 Å². The van der Waals surface area contributed by atoms with E-state index in [2.05, 4.69) is 65.4 Å². The van der Waals surface area contributed by atoms with Gasteiger partial charge in [0.2, 0.25) is 0 Å². The zero-order valence-electron chi connectivity index (χ0n) is 51.5. The van der Waals surface area contributed by atoms with E-state index in [-0.39, 0.29) is 95.6 Å². The van der Waals surface area contributed by atoms with Crippen molar-refractivity contribution in [1.82, 2.24) is 44.6 Å². The summed E-state index contributed by atoms with van der Waals surface area (Å²) >= 11 is 0. The zero-order chi connectivity index (χ0) is 63.9. The Morgan fingerprint density at radius 3 is 0.848 bits per heavy atom. The molecule has 0 radical (unpaired) electrons. The van der Waals surface area contributed by atoms with Gasteiger partial charge in [-0.25, -0.2) is 29.9 Å². The molecule has 3 atom stereocenters. The SMILES string of the molecule is Cc1cc(OC2CCN(C(C)c3ccc4c(n3)OCCO4)CC2)cc(C(F)(F)F)n1.Cc1cc(OC2CCN([C@@H](C)c3ccc4c(n3)OCCO4)CC2)cc(C(F)(F)F)n1.Cc1cc(OC2CCN([C@H](C)c3ccc4c(n3)OCCO4)CC2)cc(C(F)(F)F)n1.Cl.Cl. The normalized spacial score (nSPS) is 18.4. The number of pyridine rings is 6. The lowest BCUT2D eigenvalue weighted by molar-refractivity contribution is -0.142. The molecule has 12 heterocycles. The number of hydrogen-bond acceptors (Lipinski definition) is 18. The van der Waals surface area contributed by atoms with Crippen molar-refractivity contribution in [2.24, 2.45) is 0 Å². The lowest BCUT2D eigenvalue weighted by Gasteiger charge is -2.36. The van der Waals surface area contributed by atoms with Gasteiger partial charge in [-0.3, -0.25) is 14.7 Å². The number of likely N-dealkylation sites (tertiary alicyclic amines) is 3. The van der Waals surface area contributed by atoms with Crippen LogP contribution in [0.2, 0.25) is 0 Å². The quantitative estimate of drug-likeness (QED) is 0.106. The molecule has 18 nitrogen and oxygen atoms in total. The smallest absolute Gasteiger partial charge is 0.433 e. The second-order valence-electron chi connectivity index (χ2n) is 22.8. The van der Waals surface area contributed by atoms with Gasteiger partial charge in [-0.2, -0.15) is 39.5 Å². The predicted octanol–water partition coefficient (Wildman–Crippen LogP) is 13.4. The number of rotatable bonds is 12. The largest absolute Gasteiger partial charge is 0.490 e. The number of aryl methyl sites for hydroxylation is 3. The average Bonchev–Trinajstić information content (AvgIpc) is 1.76. The second-order valence-corrected chi connectivity index (χ2v) is 22.8. The van der Waals surface area contributed by atoms with Crippen molar-refractivity contribution in [3.63, 3.8) is 0 Å². The molecule has 6 aliphatic rings. The number of hydrogen-bond donors (Lipinski definition) is 0. The third-order valence-corrected chi connectivity index (χ3v) is 16.2. The van der Waals surface area contributed by atoms with Crippen LogP contribution < -0.4 is 42.6 Å². The van der Waals surface area contributed by atoms with Gasteiger partial charge in [-0.15, -0.1) is 24.8 Å². The second kappa shape index (κ2) is 30.8. The Kier molecular flexibility index (Phi) is 23.7. The van der Waals surface area contributed by atoms with E-state index < -0.39 is 35.6 Å². The molecular formula is C63H74Cl2F9N9O9. The zero-order valence-corrected chi connectivity index (χ0v) is 53.2. The van der Waals surface area contributed by atoms with Crippen molar-refractivity contribution in [2.45, 2.75) is 135 Å². The predicted molar refractivity (Wildman–Crippen MR) is 323 cm³/mol. The molecule has 0 aliphatic carbocycles. The monoisotopic (exact) mass is 1340 g/mol. The highest BCUT2D eigenvalue weighted by atomic mass is 35.5. The van der Waals surface area contributed by atoms with Gasteiger partial charge in [0.1, 0.15) is 92.3 Å². The number of aromatic nitrogens is 6. The van der Waals surface area contributed by atoms with Crippen LogP contribution in [0, 0.1) is 20.8 Å². The van der Waals surface area contributed by atoms with Crippen LogP contribution in [-0.2, 0) is 18.5 Å². The molecule has 6 aromatic rings. The minimum atomic E-state index is -4.49. The van der Waals surface area contributed by atoms with Gasteiger partial charge in [0.25, 0.3) is 17.6 Å². The molecule has 92 heavy (non-hydrogen) atoms. The van der Waals surface area contributed by atoms with E-state index >= 15 is 0 Å². The highest BCUT2D eigenvalue weighted by molar-refractivity contribution is 5.85. The van der Waals surface area contributed by atoms with Crippen molar-refractivity contribution in [2.75, 3.05) is 78.9 Å². The van der Waals surface area contributed by atoms with Crippen LogP contribution in [0.25, 0.3) is 0 Å². The van der Waals surface area contributed by atoms with Crippen LogP contribution >= 0.6 is 24.8 Å². The highest BCUT2D eigenvalue weighted by Gasteiger charge is 2.37. The molecule has 502 valence electrons. The molecule has 0 amide bonds. The minimum Gasteiger partial charge on any atom is -0.490 e. The maximum atomic E-state index is 13.0. The molecular weight excluding hydrogens is 1270 g/mol. The van der Waals surface area contributed by atoms with E-state index in [1.807, 2.05) is 36.4 Å². The molecule has 12 rings (SSSR count).